The Morgan fingerprint density at radius 3 is 2.30 bits per heavy atom. The molecular formula is C18H23NO. The second kappa shape index (κ2) is 6.10. The van der Waals surface area contributed by atoms with E-state index in [1.165, 1.54) is 16.7 Å². The molecule has 3 N–H and O–H groups in total. The first-order valence-electron chi connectivity index (χ1n) is 7.15. The molecule has 2 aromatic carbocycles. The third-order valence-electron chi connectivity index (χ3n) is 3.69. The molecule has 0 unspecified atom stereocenters. The molecule has 0 heterocycles. The van der Waals surface area contributed by atoms with Gasteiger partial charge in [-0.1, -0.05) is 38.1 Å². The van der Waals surface area contributed by atoms with Gasteiger partial charge in [0.1, 0.15) is 5.75 Å². The van der Waals surface area contributed by atoms with Crippen molar-refractivity contribution in [3.63, 3.8) is 0 Å². The molecule has 0 amide bonds. The Kier molecular flexibility index (Phi) is 4.46. The fourth-order valence-electron chi connectivity index (χ4n) is 2.50. The summed E-state index contributed by atoms with van der Waals surface area (Å²) in [4.78, 5) is 0. The summed E-state index contributed by atoms with van der Waals surface area (Å²) < 4.78 is 0. The van der Waals surface area contributed by atoms with E-state index in [0.29, 0.717) is 18.2 Å². The Morgan fingerprint density at radius 2 is 1.75 bits per heavy atom. The number of phenolic OH excluding ortho intramolecular Hbond substituents is 1. The summed E-state index contributed by atoms with van der Waals surface area (Å²) in [7, 11) is 0. The lowest BCUT2D eigenvalue weighted by atomic mass is 9.92. The van der Waals surface area contributed by atoms with E-state index >= 15 is 0 Å². The minimum absolute atomic E-state index is 0.311. The van der Waals surface area contributed by atoms with Crippen molar-refractivity contribution in [1.29, 1.82) is 0 Å². The quantitative estimate of drug-likeness (QED) is 0.881. The van der Waals surface area contributed by atoms with Crippen LogP contribution in [0, 0.1) is 6.92 Å². The molecule has 0 radical (unpaired) electrons. The number of aromatic hydroxyl groups is 1. The van der Waals surface area contributed by atoms with Gasteiger partial charge in [0, 0.05) is 0 Å². The lowest BCUT2D eigenvalue weighted by Crippen LogP contribution is -2.02. The van der Waals surface area contributed by atoms with E-state index in [1.807, 2.05) is 13.0 Å². The minimum Gasteiger partial charge on any atom is -0.508 e. The van der Waals surface area contributed by atoms with Crippen LogP contribution in [0.2, 0.25) is 0 Å². The average molecular weight is 269 g/mol. The van der Waals surface area contributed by atoms with Gasteiger partial charge in [-0.25, -0.2) is 0 Å². The maximum Gasteiger partial charge on any atom is 0.119 e. The van der Waals surface area contributed by atoms with Gasteiger partial charge in [0.25, 0.3) is 0 Å². The van der Waals surface area contributed by atoms with E-state index in [-0.39, 0.29) is 0 Å². The van der Waals surface area contributed by atoms with Gasteiger partial charge in [-0.2, -0.15) is 0 Å². The van der Waals surface area contributed by atoms with Gasteiger partial charge in [-0.15, -0.1) is 0 Å². The number of aryl methyl sites for hydroxylation is 1. The summed E-state index contributed by atoms with van der Waals surface area (Å²) in [5, 5.41) is 10.0. The minimum atomic E-state index is 0.311. The maximum atomic E-state index is 10.0. The van der Waals surface area contributed by atoms with Crippen LogP contribution < -0.4 is 5.73 Å². The summed E-state index contributed by atoms with van der Waals surface area (Å²) in [6.45, 7) is 6.90. The summed E-state index contributed by atoms with van der Waals surface area (Å²) in [5.74, 6) is 0.701. The molecule has 2 heteroatoms. The van der Waals surface area contributed by atoms with Crippen molar-refractivity contribution in [1.82, 2.24) is 0 Å². The zero-order chi connectivity index (χ0) is 14.7. The van der Waals surface area contributed by atoms with Gasteiger partial charge in [0.05, 0.1) is 0 Å². The monoisotopic (exact) mass is 269 g/mol. The number of phenols is 1. The van der Waals surface area contributed by atoms with E-state index in [0.717, 1.165) is 17.5 Å². The van der Waals surface area contributed by atoms with Crippen LogP contribution >= 0.6 is 0 Å². The Balaban J connectivity index is 2.43. The molecule has 0 aliphatic rings. The highest BCUT2D eigenvalue weighted by molar-refractivity contribution is 5.70. The number of hydrogen-bond acceptors (Lipinski definition) is 2. The zero-order valence-electron chi connectivity index (χ0n) is 12.5. The van der Waals surface area contributed by atoms with Crippen LogP contribution in [0.15, 0.2) is 36.4 Å². The molecular weight excluding hydrogens is 246 g/mol. The van der Waals surface area contributed by atoms with Gasteiger partial charge >= 0.3 is 0 Å². The number of hydrogen-bond donors (Lipinski definition) is 2. The molecule has 0 aliphatic carbocycles. The Hall–Kier alpha value is -1.80. The van der Waals surface area contributed by atoms with Gasteiger partial charge < -0.3 is 10.8 Å². The summed E-state index contributed by atoms with van der Waals surface area (Å²) >= 11 is 0. The predicted molar refractivity (Wildman–Crippen MR) is 85.1 cm³/mol. The standard InChI is InChI=1S/C18H23NO/c1-12(2)16-11-17(13(3)10-18(16)20)15-6-4-14(5-7-15)8-9-19/h4-7,10-12,20H,8-9,19H2,1-3H3. The van der Waals surface area contributed by atoms with Crippen LogP contribution in [-0.2, 0) is 6.42 Å². The smallest absolute Gasteiger partial charge is 0.119 e. The highest BCUT2D eigenvalue weighted by Crippen LogP contribution is 2.33. The number of nitrogens with two attached hydrogens (primary N) is 1. The second-order valence-corrected chi connectivity index (χ2v) is 5.62. The first kappa shape index (κ1) is 14.6. The molecule has 0 atom stereocenters. The lowest BCUT2D eigenvalue weighted by Gasteiger charge is -2.14. The zero-order valence-corrected chi connectivity index (χ0v) is 12.5. The van der Waals surface area contributed by atoms with Crippen molar-refractivity contribution in [2.24, 2.45) is 5.73 Å². The molecule has 0 spiro atoms. The molecule has 2 nitrogen and oxygen atoms in total. The van der Waals surface area contributed by atoms with Crippen LogP contribution in [0.3, 0.4) is 0 Å². The number of rotatable bonds is 4. The first-order chi connectivity index (χ1) is 9.52. The molecule has 20 heavy (non-hydrogen) atoms. The third-order valence-corrected chi connectivity index (χ3v) is 3.69. The SMILES string of the molecule is Cc1cc(O)c(C(C)C)cc1-c1ccc(CCN)cc1. The lowest BCUT2D eigenvalue weighted by molar-refractivity contribution is 0.464. The molecule has 0 aliphatic heterocycles. The molecule has 0 bridgehead atoms. The Bertz CT molecular complexity index is 585. The van der Waals surface area contributed by atoms with Gasteiger partial charge in [0.15, 0.2) is 0 Å². The normalized spacial score (nSPS) is 11.1. The maximum absolute atomic E-state index is 10.0. The van der Waals surface area contributed by atoms with E-state index in [2.05, 4.69) is 44.2 Å². The van der Waals surface area contributed by atoms with Crippen molar-refractivity contribution < 1.29 is 5.11 Å². The molecule has 0 fully saturated rings. The van der Waals surface area contributed by atoms with Crippen LogP contribution in [0.5, 0.6) is 5.75 Å². The average Bonchev–Trinajstić information content (AvgIpc) is 2.40. The van der Waals surface area contributed by atoms with Crippen LogP contribution in [0.1, 0.15) is 36.5 Å². The molecule has 2 rings (SSSR count). The van der Waals surface area contributed by atoms with Crippen molar-refractivity contribution in [2.45, 2.75) is 33.1 Å². The van der Waals surface area contributed by atoms with Gasteiger partial charge in [-0.05, 0) is 65.8 Å². The predicted octanol–water partition coefficient (Wildman–Crippen LogP) is 3.99. The van der Waals surface area contributed by atoms with Crippen molar-refractivity contribution in [2.75, 3.05) is 6.54 Å². The van der Waals surface area contributed by atoms with E-state index in [1.54, 1.807) is 0 Å². The highest BCUT2D eigenvalue weighted by atomic mass is 16.3. The van der Waals surface area contributed by atoms with E-state index in [9.17, 15) is 5.11 Å². The highest BCUT2D eigenvalue weighted by Gasteiger charge is 2.11. The van der Waals surface area contributed by atoms with Crippen LogP contribution in [0.4, 0.5) is 0 Å². The summed E-state index contributed by atoms with van der Waals surface area (Å²) in [6.07, 6.45) is 0.909. The fourth-order valence-corrected chi connectivity index (χ4v) is 2.50. The molecule has 0 aromatic heterocycles. The summed E-state index contributed by atoms with van der Waals surface area (Å²) in [5.41, 5.74) is 11.3. The molecule has 106 valence electrons. The van der Waals surface area contributed by atoms with E-state index in [4.69, 9.17) is 5.73 Å². The van der Waals surface area contributed by atoms with Crippen LogP contribution in [-0.4, -0.2) is 11.7 Å². The molecule has 0 saturated heterocycles. The molecule has 0 saturated carbocycles. The van der Waals surface area contributed by atoms with Crippen molar-refractivity contribution in [3.05, 3.63) is 53.1 Å². The fraction of sp³-hybridized carbons (Fsp3) is 0.333. The second-order valence-electron chi connectivity index (χ2n) is 5.62. The van der Waals surface area contributed by atoms with Crippen molar-refractivity contribution in [3.8, 4) is 16.9 Å². The Labute approximate surface area is 121 Å². The van der Waals surface area contributed by atoms with E-state index < -0.39 is 0 Å². The first-order valence-corrected chi connectivity index (χ1v) is 7.15. The van der Waals surface area contributed by atoms with Crippen LogP contribution in [0.25, 0.3) is 11.1 Å². The number of benzene rings is 2. The third kappa shape index (κ3) is 3.02. The van der Waals surface area contributed by atoms with Gasteiger partial charge in [0.2, 0.25) is 0 Å². The van der Waals surface area contributed by atoms with Gasteiger partial charge in [-0.3, -0.25) is 0 Å². The summed E-state index contributed by atoms with van der Waals surface area (Å²) in [6, 6.07) is 12.5. The molecule has 2 aromatic rings. The topological polar surface area (TPSA) is 46.2 Å². The van der Waals surface area contributed by atoms with Crippen molar-refractivity contribution >= 4 is 0 Å². The largest absolute Gasteiger partial charge is 0.508 e. The Morgan fingerprint density at radius 1 is 1.10 bits per heavy atom.